The van der Waals surface area contributed by atoms with Crippen molar-refractivity contribution in [2.75, 3.05) is 13.7 Å². The average Bonchev–Trinajstić information content (AvgIpc) is 3.23. The number of H-pyrrole nitrogens is 1. The average molecular weight is 587 g/mol. The summed E-state index contributed by atoms with van der Waals surface area (Å²) in [7, 11) is -3.01. The van der Waals surface area contributed by atoms with E-state index in [1.165, 1.54) is 31.7 Å². The maximum Gasteiger partial charge on any atom is 0.459 e. The molecule has 1 aromatic heterocycles. The van der Waals surface area contributed by atoms with Crippen molar-refractivity contribution in [1.82, 2.24) is 14.6 Å². The SMILES string of the molecule is COC(=O)[C@H](C)NP(=O)(OC[C@H]1O[C@@H](n2cc(C)c(=O)[nH]c2=O)C[C@@H]1N=[N+]=[N-])Oc1ccc(Br)cc1. The number of aryl methyl sites for hydroxylation is 1. The predicted octanol–water partition coefficient (Wildman–Crippen LogP) is 2.93. The number of nitrogens with one attached hydrogen (secondary N) is 2. The van der Waals surface area contributed by atoms with E-state index in [9.17, 15) is 18.9 Å². The molecule has 16 heteroatoms. The Balaban J connectivity index is 1.82. The van der Waals surface area contributed by atoms with Gasteiger partial charge in [-0.05, 0) is 43.6 Å². The fraction of sp³-hybridized carbons (Fsp3) is 0.450. The Morgan fingerprint density at radius 3 is 2.75 bits per heavy atom. The molecule has 2 heterocycles. The molecule has 1 unspecified atom stereocenters. The van der Waals surface area contributed by atoms with Gasteiger partial charge >= 0.3 is 19.4 Å². The Kier molecular flexibility index (Phi) is 9.12. The highest BCUT2D eigenvalue weighted by molar-refractivity contribution is 9.10. The van der Waals surface area contributed by atoms with E-state index in [2.05, 4.69) is 40.8 Å². The first-order valence-electron chi connectivity index (χ1n) is 10.6. The standard InChI is InChI=1S/C20H24BrN6O8P/c1-11-9-27(20(30)23-18(11)28)17-8-15(24-26-22)16(34-17)10-33-36(31,25-12(2)19(29)32-3)35-14-6-4-13(21)5-7-14/h4-7,9,12,15-17H,8,10H2,1-3H3,(H,25,31)(H,23,28,30)/t12-,15-,16+,17+,36?/m0/s1. The third kappa shape index (κ3) is 6.84. The summed E-state index contributed by atoms with van der Waals surface area (Å²) in [6.45, 7) is 2.56. The normalized spacial score (nSPS) is 21.7. The van der Waals surface area contributed by atoms with Crippen LogP contribution in [0.5, 0.6) is 5.75 Å². The molecule has 3 rings (SSSR count). The van der Waals surface area contributed by atoms with E-state index in [4.69, 9.17) is 19.3 Å². The Bertz CT molecular complexity index is 1310. The zero-order valence-electron chi connectivity index (χ0n) is 19.5. The second-order valence-corrected chi connectivity index (χ2v) is 10.4. The van der Waals surface area contributed by atoms with Crippen molar-refractivity contribution in [3.63, 3.8) is 0 Å². The van der Waals surface area contributed by atoms with Crippen LogP contribution in [0.25, 0.3) is 10.4 Å². The Labute approximate surface area is 213 Å². The van der Waals surface area contributed by atoms with Crippen molar-refractivity contribution in [3.8, 4) is 5.75 Å². The number of nitrogens with zero attached hydrogens (tertiary/aromatic N) is 4. The molecule has 2 N–H and O–H groups in total. The van der Waals surface area contributed by atoms with Crippen molar-refractivity contribution in [2.24, 2.45) is 5.11 Å². The van der Waals surface area contributed by atoms with E-state index in [-0.39, 0.29) is 24.3 Å². The molecule has 1 aromatic carbocycles. The maximum absolute atomic E-state index is 13.6. The lowest BCUT2D eigenvalue weighted by Crippen LogP contribution is -2.36. The van der Waals surface area contributed by atoms with Crippen molar-refractivity contribution in [3.05, 3.63) is 71.8 Å². The summed E-state index contributed by atoms with van der Waals surface area (Å²) in [4.78, 5) is 40.9. The molecule has 1 saturated heterocycles. The number of aromatic nitrogens is 2. The number of hydrogen-bond donors (Lipinski definition) is 2. The number of benzene rings is 1. The summed E-state index contributed by atoms with van der Waals surface area (Å²) in [5.41, 5.74) is 8.04. The van der Waals surface area contributed by atoms with E-state index in [0.717, 1.165) is 4.47 Å². The number of aromatic amines is 1. The van der Waals surface area contributed by atoms with Gasteiger partial charge in [-0.2, -0.15) is 5.09 Å². The first-order valence-corrected chi connectivity index (χ1v) is 13.0. The van der Waals surface area contributed by atoms with Crippen molar-refractivity contribution in [1.29, 1.82) is 0 Å². The van der Waals surface area contributed by atoms with E-state index < -0.39 is 49.4 Å². The highest BCUT2D eigenvalue weighted by Gasteiger charge is 2.40. The molecular formula is C20H24BrN6O8P. The number of rotatable bonds is 10. The third-order valence-electron chi connectivity index (χ3n) is 5.21. The zero-order valence-corrected chi connectivity index (χ0v) is 22.0. The second-order valence-electron chi connectivity index (χ2n) is 7.83. The van der Waals surface area contributed by atoms with Gasteiger partial charge in [-0.15, -0.1) is 0 Å². The fourth-order valence-corrected chi connectivity index (χ4v) is 5.15. The van der Waals surface area contributed by atoms with Crippen LogP contribution in [0.2, 0.25) is 0 Å². The highest BCUT2D eigenvalue weighted by atomic mass is 79.9. The van der Waals surface area contributed by atoms with Crippen LogP contribution in [0.1, 0.15) is 25.1 Å². The largest absolute Gasteiger partial charge is 0.468 e. The van der Waals surface area contributed by atoms with E-state index in [1.807, 2.05) is 0 Å². The summed E-state index contributed by atoms with van der Waals surface area (Å²) in [5, 5.41) is 6.22. The molecule has 1 fully saturated rings. The Morgan fingerprint density at radius 2 is 2.11 bits per heavy atom. The molecule has 1 aliphatic heterocycles. The maximum atomic E-state index is 13.6. The van der Waals surface area contributed by atoms with Gasteiger partial charge in [0.15, 0.2) is 0 Å². The quantitative estimate of drug-likeness (QED) is 0.139. The number of carbonyl (C=O) groups excluding carboxylic acids is 1. The number of esters is 1. The molecule has 0 amide bonds. The molecule has 0 aliphatic carbocycles. The van der Waals surface area contributed by atoms with E-state index in [0.29, 0.717) is 0 Å². The van der Waals surface area contributed by atoms with Crippen LogP contribution in [0.15, 0.2) is 49.6 Å². The van der Waals surface area contributed by atoms with Crippen molar-refractivity contribution in [2.45, 2.75) is 44.7 Å². The second kappa shape index (κ2) is 11.9. The van der Waals surface area contributed by atoms with Gasteiger partial charge in [-0.1, -0.05) is 21.0 Å². The molecule has 0 bridgehead atoms. The minimum absolute atomic E-state index is 0.0906. The molecule has 1 aliphatic rings. The van der Waals surface area contributed by atoms with Crippen LogP contribution >= 0.6 is 23.7 Å². The number of carbonyl (C=O) groups is 1. The van der Waals surface area contributed by atoms with Crippen LogP contribution in [0.3, 0.4) is 0 Å². The number of azide groups is 1. The van der Waals surface area contributed by atoms with Crippen LogP contribution in [-0.4, -0.2) is 47.4 Å². The van der Waals surface area contributed by atoms with Crippen molar-refractivity contribution >= 4 is 29.6 Å². The molecule has 194 valence electrons. The van der Waals surface area contributed by atoms with E-state index in [1.54, 1.807) is 24.3 Å². The van der Waals surface area contributed by atoms with E-state index >= 15 is 0 Å². The van der Waals surface area contributed by atoms with Gasteiger partial charge in [-0.3, -0.25) is 23.7 Å². The van der Waals surface area contributed by atoms with Crippen LogP contribution < -0.4 is 20.9 Å². The van der Waals surface area contributed by atoms with Gasteiger partial charge in [0.25, 0.3) is 5.56 Å². The molecule has 0 radical (unpaired) electrons. The topological polar surface area (TPSA) is 187 Å². The van der Waals surface area contributed by atoms with Gasteiger partial charge in [0.2, 0.25) is 0 Å². The minimum Gasteiger partial charge on any atom is -0.468 e. The Hall–Kier alpha value is -2.93. The lowest BCUT2D eigenvalue weighted by molar-refractivity contribution is -0.142. The molecule has 0 spiro atoms. The van der Waals surface area contributed by atoms with Crippen LogP contribution in [0.4, 0.5) is 0 Å². The molecule has 14 nitrogen and oxygen atoms in total. The molecular weight excluding hydrogens is 563 g/mol. The molecule has 5 atom stereocenters. The molecule has 0 saturated carbocycles. The summed E-state index contributed by atoms with van der Waals surface area (Å²) >= 11 is 3.30. The first-order chi connectivity index (χ1) is 17.0. The van der Waals surface area contributed by atoms with Crippen LogP contribution in [0, 0.1) is 6.92 Å². The molecule has 2 aromatic rings. The monoisotopic (exact) mass is 586 g/mol. The lowest BCUT2D eigenvalue weighted by atomic mass is 10.1. The Morgan fingerprint density at radius 1 is 1.42 bits per heavy atom. The van der Waals surface area contributed by atoms with Gasteiger partial charge < -0.3 is 14.0 Å². The minimum atomic E-state index is -4.19. The third-order valence-corrected chi connectivity index (χ3v) is 7.39. The smallest absolute Gasteiger partial charge is 0.459 e. The van der Waals surface area contributed by atoms with Crippen LogP contribution in [-0.2, 0) is 23.4 Å². The summed E-state index contributed by atoms with van der Waals surface area (Å²) in [6, 6.07) is 4.56. The predicted molar refractivity (Wildman–Crippen MR) is 130 cm³/mol. The zero-order chi connectivity index (χ0) is 26.5. The number of hydrogen-bond acceptors (Lipinski definition) is 9. The number of ether oxygens (including phenoxy) is 2. The molecule has 36 heavy (non-hydrogen) atoms. The summed E-state index contributed by atoms with van der Waals surface area (Å²) < 4.78 is 37.2. The number of halogens is 1. The summed E-state index contributed by atoms with van der Waals surface area (Å²) in [6.07, 6.45) is -0.385. The van der Waals surface area contributed by atoms with Gasteiger partial charge in [-0.25, -0.2) is 9.36 Å². The highest BCUT2D eigenvalue weighted by Crippen LogP contribution is 2.46. The first kappa shape index (κ1) is 27.7. The van der Waals surface area contributed by atoms with Gasteiger partial charge in [0.05, 0.1) is 25.9 Å². The van der Waals surface area contributed by atoms with Gasteiger partial charge in [0.1, 0.15) is 18.0 Å². The van der Waals surface area contributed by atoms with Crippen molar-refractivity contribution < 1.29 is 27.9 Å². The number of methoxy groups -OCH3 is 1. The summed E-state index contributed by atoms with van der Waals surface area (Å²) in [5.74, 6) is -0.506. The fourth-order valence-electron chi connectivity index (χ4n) is 3.39. The van der Waals surface area contributed by atoms with Gasteiger partial charge in [0, 0.05) is 27.6 Å². The lowest BCUT2D eigenvalue weighted by Gasteiger charge is -2.24.